The monoisotopic (exact) mass is 254 g/mol. The molecule has 14 heavy (non-hydrogen) atoms. The molecule has 76 valence electrons. The molecular weight excluding hydrogens is 240 g/mol. The van der Waals surface area contributed by atoms with Crippen molar-refractivity contribution in [1.29, 1.82) is 0 Å². The van der Waals surface area contributed by atoms with Gasteiger partial charge < -0.3 is 5.73 Å². The summed E-state index contributed by atoms with van der Waals surface area (Å²) in [4.78, 5) is 4.14. The maximum atomic E-state index is 6.12. The summed E-state index contributed by atoms with van der Waals surface area (Å²) in [6, 6.07) is 2.42. The summed E-state index contributed by atoms with van der Waals surface area (Å²) in [6.07, 6.45) is 8.64. The van der Waals surface area contributed by atoms with Gasteiger partial charge in [0.2, 0.25) is 0 Å². The Labute approximate surface area is 93.0 Å². The summed E-state index contributed by atoms with van der Waals surface area (Å²) in [5.41, 5.74) is 7.35. The molecule has 2 N–H and O–H groups in total. The second-order valence-electron chi connectivity index (χ2n) is 4.07. The first-order chi connectivity index (χ1) is 6.75. The van der Waals surface area contributed by atoms with Crippen molar-refractivity contribution in [2.75, 3.05) is 0 Å². The van der Waals surface area contributed by atoms with E-state index in [0.29, 0.717) is 6.04 Å². The molecule has 1 heterocycles. The third-order valence-electron chi connectivity index (χ3n) is 2.99. The second-order valence-corrected chi connectivity index (χ2v) is 4.99. The van der Waals surface area contributed by atoms with Crippen LogP contribution in [0.5, 0.6) is 0 Å². The molecule has 0 radical (unpaired) electrons. The van der Waals surface area contributed by atoms with Crippen LogP contribution in [0.2, 0.25) is 0 Å². The molecule has 1 saturated carbocycles. The van der Waals surface area contributed by atoms with Crippen molar-refractivity contribution in [3.8, 4) is 0 Å². The van der Waals surface area contributed by atoms with Crippen LogP contribution in [-0.4, -0.2) is 11.0 Å². The number of pyridine rings is 1. The van der Waals surface area contributed by atoms with Crippen LogP contribution in [0.15, 0.2) is 22.9 Å². The van der Waals surface area contributed by atoms with Gasteiger partial charge in [0.25, 0.3) is 0 Å². The highest BCUT2D eigenvalue weighted by Crippen LogP contribution is 2.30. The smallest absolute Gasteiger partial charge is 0.0410 e. The number of nitrogens with zero attached hydrogens (tertiary/aromatic N) is 1. The molecule has 1 aromatic rings. The van der Waals surface area contributed by atoms with E-state index in [0.717, 1.165) is 16.8 Å². The zero-order valence-corrected chi connectivity index (χ0v) is 9.70. The van der Waals surface area contributed by atoms with Crippen LogP contribution < -0.4 is 5.73 Å². The Bertz CT molecular complexity index is 310. The molecule has 0 spiro atoms. The van der Waals surface area contributed by atoms with Gasteiger partial charge in [-0.25, -0.2) is 0 Å². The summed E-state index contributed by atoms with van der Waals surface area (Å²) in [5, 5.41) is 0. The molecule has 1 fully saturated rings. The van der Waals surface area contributed by atoms with Crippen LogP contribution in [0.3, 0.4) is 0 Å². The van der Waals surface area contributed by atoms with Crippen molar-refractivity contribution >= 4 is 15.9 Å². The standard InChI is InChI=1S/C11H15BrN2/c12-10-4-8(6-14-7-10)5-11(13)9-2-1-3-9/h4,6-7,9,11H,1-3,5,13H2. The SMILES string of the molecule is NC(Cc1cncc(Br)c1)C1CCC1. The van der Waals surface area contributed by atoms with Crippen LogP contribution in [-0.2, 0) is 6.42 Å². The van der Waals surface area contributed by atoms with E-state index in [9.17, 15) is 0 Å². The summed E-state index contributed by atoms with van der Waals surface area (Å²) < 4.78 is 1.04. The minimum atomic E-state index is 0.319. The lowest BCUT2D eigenvalue weighted by atomic mass is 9.78. The summed E-state index contributed by atoms with van der Waals surface area (Å²) >= 11 is 3.42. The van der Waals surface area contributed by atoms with Gasteiger partial charge in [-0.3, -0.25) is 4.98 Å². The van der Waals surface area contributed by atoms with Gasteiger partial charge in [-0.2, -0.15) is 0 Å². The Balaban J connectivity index is 1.95. The Morgan fingerprint density at radius 3 is 2.86 bits per heavy atom. The zero-order chi connectivity index (χ0) is 9.97. The quantitative estimate of drug-likeness (QED) is 0.901. The van der Waals surface area contributed by atoms with E-state index in [1.165, 1.54) is 24.8 Å². The summed E-state index contributed by atoms with van der Waals surface area (Å²) in [6.45, 7) is 0. The number of halogens is 1. The average molecular weight is 255 g/mol. The zero-order valence-electron chi connectivity index (χ0n) is 8.12. The highest BCUT2D eigenvalue weighted by Gasteiger charge is 2.24. The molecule has 0 aromatic carbocycles. The number of hydrogen-bond donors (Lipinski definition) is 1. The maximum absolute atomic E-state index is 6.12. The Kier molecular flexibility index (Phi) is 3.19. The molecule has 0 amide bonds. The van der Waals surface area contributed by atoms with E-state index in [4.69, 9.17) is 5.73 Å². The minimum absolute atomic E-state index is 0.319. The average Bonchev–Trinajstić information content (AvgIpc) is 1.99. The van der Waals surface area contributed by atoms with E-state index in [2.05, 4.69) is 27.0 Å². The van der Waals surface area contributed by atoms with Crippen molar-refractivity contribution < 1.29 is 0 Å². The van der Waals surface area contributed by atoms with Gasteiger partial charge >= 0.3 is 0 Å². The predicted octanol–water partition coefficient (Wildman–Crippen LogP) is 2.51. The van der Waals surface area contributed by atoms with Gasteiger partial charge in [0.05, 0.1) is 0 Å². The molecule has 1 aliphatic rings. The van der Waals surface area contributed by atoms with Crippen molar-refractivity contribution in [2.24, 2.45) is 11.7 Å². The Morgan fingerprint density at radius 1 is 1.50 bits per heavy atom. The number of aromatic nitrogens is 1. The van der Waals surface area contributed by atoms with Crippen LogP contribution in [0.1, 0.15) is 24.8 Å². The van der Waals surface area contributed by atoms with Crippen molar-refractivity contribution in [1.82, 2.24) is 4.98 Å². The molecule has 3 heteroatoms. The van der Waals surface area contributed by atoms with Gasteiger partial charge in [0.1, 0.15) is 0 Å². The fourth-order valence-corrected chi connectivity index (χ4v) is 2.29. The number of nitrogens with two attached hydrogens (primary N) is 1. The van der Waals surface area contributed by atoms with Gasteiger partial charge in [0.15, 0.2) is 0 Å². The highest BCUT2D eigenvalue weighted by molar-refractivity contribution is 9.10. The van der Waals surface area contributed by atoms with Gasteiger partial charge in [-0.05, 0) is 52.7 Å². The molecule has 1 unspecified atom stereocenters. The number of hydrogen-bond acceptors (Lipinski definition) is 2. The van der Waals surface area contributed by atoms with E-state index in [1.807, 2.05) is 6.20 Å². The fraction of sp³-hybridized carbons (Fsp3) is 0.545. The van der Waals surface area contributed by atoms with Gasteiger partial charge in [0, 0.05) is 22.9 Å². The van der Waals surface area contributed by atoms with E-state index in [1.54, 1.807) is 6.20 Å². The lowest BCUT2D eigenvalue weighted by Crippen LogP contribution is -2.36. The molecule has 2 rings (SSSR count). The number of rotatable bonds is 3. The molecule has 2 nitrogen and oxygen atoms in total. The van der Waals surface area contributed by atoms with Crippen LogP contribution in [0.25, 0.3) is 0 Å². The topological polar surface area (TPSA) is 38.9 Å². The lowest BCUT2D eigenvalue weighted by molar-refractivity contribution is 0.260. The van der Waals surface area contributed by atoms with Crippen molar-refractivity contribution in [2.45, 2.75) is 31.7 Å². The van der Waals surface area contributed by atoms with Crippen molar-refractivity contribution in [3.63, 3.8) is 0 Å². The Morgan fingerprint density at radius 2 is 2.29 bits per heavy atom. The van der Waals surface area contributed by atoms with Crippen LogP contribution in [0, 0.1) is 5.92 Å². The maximum Gasteiger partial charge on any atom is 0.0410 e. The fourth-order valence-electron chi connectivity index (χ4n) is 1.87. The summed E-state index contributed by atoms with van der Waals surface area (Å²) in [7, 11) is 0. The van der Waals surface area contributed by atoms with Gasteiger partial charge in [-0.1, -0.05) is 6.42 Å². The molecule has 1 atom stereocenters. The minimum Gasteiger partial charge on any atom is -0.327 e. The normalized spacial score (nSPS) is 19.0. The first-order valence-electron chi connectivity index (χ1n) is 5.11. The summed E-state index contributed by atoms with van der Waals surface area (Å²) in [5.74, 6) is 0.744. The third-order valence-corrected chi connectivity index (χ3v) is 3.42. The van der Waals surface area contributed by atoms with Crippen molar-refractivity contribution in [3.05, 3.63) is 28.5 Å². The molecule has 0 aliphatic heterocycles. The third kappa shape index (κ3) is 2.34. The molecule has 0 saturated heterocycles. The molecular formula is C11H15BrN2. The largest absolute Gasteiger partial charge is 0.327 e. The molecule has 1 aromatic heterocycles. The van der Waals surface area contributed by atoms with E-state index < -0.39 is 0 Å². The highest BCUT2D eigenvalue weighted by atomic mass is 79.9. The van der Waals surface area contributed by atoms with E-state index in [-0.39, 0.29) is 0 Å². The molecule has 0 bridgehead atoms. The Hall–Kier alpha value is -0.410. The van der Waals surface area contributed by atoms with E-state index >= 15 is 0 Å². The van der Waals surface area contributed by atoms with Crippen LogP contribution in [0.4, 0.5) is 0 Å². The first kappa shape index (κ1) is 10.1. The predicted molar refractivity (Wildman–Crippen MR) is 61.0 cm³/mol. The van der Waals surface area contributed by atoms with Gasteiger partial charge in [-0.15, -0.1) is 0 Å². The second kappa shape index (κ2) is 4.41. The molecule has 1 aliphatic carbocycles. The van der Waals surface area contributed by atoms with Crippen LogP contribution >= 0.6 is 15.9 Å². The lowest BCUT2D eigenvalue weighted by Gasteiger charge is -2.31. The first-order valence-corrected chi connectivity index (χ1v) is 5.90.